The summed E-state index contributed by atoms with van der Waals surface area (Å²) in [4.78, 5) is 21.5. The summed E-state index contributed by atoms with van der Waals surface area (Å²) in [6.45, 7) is 1.60. The first-order valence-corrected chi connectivity index (χ1v) is 5.56. The molecular weight excluding hydrogens is 230 g/mol. The van der Waals surface area contributed by atoms with Crippen LogP contribution in [0.1, 0.15) is 10.4 Å². The molecule has 2 heterocycles. The number of hydrogen-bond donors (Lipinski definition) is 0. The topological polar surface area (TPSA) is 55.3 Å². The van der Waals surface area contributed by atoms with Crippen LogP contribution in [-0.4, -0.2) is 52.5 Å². The molecule has 0 bridgehead atoms. The van der Waals surface area contributed by atoms with Crippen molar-refractivity contribution in [3.8, 4) is 0 Å². The van der Waals surface area contributed by atoms with Crippen molar-refractivity contribution < 1.29 is 9.53 Å². The third-order valence-electron chi connectivity index (χ3n) is 2.47. The zero-order valence-corrected chi connectivity index (χ0v) is 9.43. The first-order valence-electron chi connectivity index (χ1n) is 5.02. The minimum atomic E-state index is -0.0884. The summed E-state index contributed by atoms with van der Waals surface area (Å²) in [6.07, 6.45) is 4.42. The van der Waals surface area contributed by atoms with E-state index in [2.05, 4.69) is 9.97 Å². The number of nitrogens with zero attached hydrogens (tertiary/aromatic N) is 3. The second-order valence-corrected chi connectivity index (χ2v) is 3.82. The zero-order valence-electron chi connectivity index (χ0n) is 8.67. The molecule has 1 unspecified atom stereocenters. The van der Waals surface area contributed by atoms with Crippen molar-refractivity contribution in [2.24, 2.45) is 0 Å². The normalized spacial score (nSPS) is 20.8. The van der Waals surface area contributed by atoms with Crippen LogP contribution < -0.4 is 0 Å². The van der Waals surface area contributed by atoms with Crippen LogP contribution in [0, 0.1) is 0 Å². The van der Waals surface area contributed by atoms with Gasteiger partial charge in [-0.05, 0) is 0 Å². The fourth-order valence-corrected chi connectivity index (χ4v) is 1.88. The third-order valence-corrected chi connectivity index (χ3v) is 2.83. The van der Waals surface area contributed by atoms with Crippen molar-refractivity contribution in [2.75, 3.05) is 25.6 Å². The second kappa shape index (κ2) is 5.23. The van der Waals surface area contributed by atoms with Gasteiger partial charge in [0.2, 0.25) is 0 Å². The Kier molecular flexibility index (Phi) is 3.69. The molecule has 0 spiro atoms. The van der Waals surface area contributed by atoms with Crippen molar-refractivity contribution in [1.29, 1.82) is 0 Å². The van der Waals surface area contributed by atoms with Crippen LogP contribution in [0.15, 0.2) is 18.7 Å². The van der Waals surface area contributed by atoms with Gasteiger partial charge in [-0.15, -0.1) is 11.6 Å². The lowest BCUT2D eigenvalue weighted by molar-refractivity contribution is 0.00451. The Labute approximate surface area is 98.4 Å². The van der Waals surface area contributed by atoms with Crippen LogP contribution in [0.25, 0.3) is 0 Å². The lowest BCUT2D eigenvalue weighted by Crippen LogP contribution is -2.49. The van der Waals surface area contributed by atoms with Crippen LogP contribution in [-0.2, 0) is 4.74 Å². The van der Waals surface area contributed by atoms with Crippen LogP contribution in [0.2, 0.25) is 0 Å². The van der Waals surface area contributed by atoms with E-state index in [0.717, 1.165) is 0 Å². The van der Waals surface area contributed by atoms with Gasteiger partial charge in [0, 0.05) is 24.8 Å². The molecule has 1 aromatic rings. The lowest BCUT2D eigenvalue weighted by atomic mass is 10.2. The number of amides is 1. The summed E-state index contributed by atoms with van der Waals surface area (Å²) in [7, 11) is 0. The van der Waals surface area contributed by atoms with E-state index in [0.29, 0.717) is 31.2 Å². The van der Waals surface area contributed by atoms with Crippen LogP contribution in [0.5, 0.6) is 0 Å². The molecular formula is C10H12ClN3O2. The fourth-order valence-electron chi connectivity index (χ4n) is 1.63. The predicted octanol–water partition coefficient (Wildman–Crippen LogP) is 0.556. The number of rotatable bonds is 2. The Morgan fingerprint density at radius 2 is 2.31 bits per heavy atom. The second-order valence-electron chi connectivity index (χ2n) is 3.51. The van der Waals surface area contributed by atoms with E-state index in [1.54, 1.807) is 4.90 Å². The average Bonchev–Trinajstić information content (AvgIpc) is 2.39. The molecule has 16 heavy (non-hydrogen) atoms. The van der Waals surface area contributed by atoms with Crippen molar-refractivity contribution >= 4 is 17.5 Å². The van der Waals surface area contributed by atoms with E-state index >= 15 is 0 Å². The molecule has 0 saturated carbocycles. The third kappa shape index (κ3) is 2.31. The monoisotopic (exact) mass is 241 g/mol. The van der Waals surface area contributed by atoms with Gasteiger partial charge in [0.15, 0.2) is 0 Å². The predicted molar refractivity (Wildman–Crippen MR) is 58.4 cm³/mol. The quantitative estimate of drug-likeness (QED) is 0.710. The number of alkyl halides is 1. The highest BCUT2D eigenvalue weighted by Gasteiger charge is 2.27. The van der Waals surface area contributed by atoms with Gasteiger partial charge < -0.3 is 9.64 Å². The van der Waals surface area contributed by atoms with Gasteiger partial charge in [0.25, 0.3) is 5.91 Å². The Balaban J connectivity index is 2.14. The number of carbonyl (C=O) groups is 1. The molecule has 0 aliphatic carbocycles. The molecule has 0 aromatic carbocycles. The minimum Gasteiger partial charge on any atom is -0.377 e. The number of halogens is 1. The summed E-state index contributed by atoms with van der Waals surface area (Å²) in [5.74, 6) is 0.286. The molecule has 2 rings (SSSR count). The Bertz CT molecular complexity index is 360. The van der Waals surface area contributed by atoms with Gasteiger partial charge in [0.1, 0.15) is 6.33 Å². The molecule has 1 aliphatic rings. The number of ether oxygens (including phenoxy) is 1. The van der Waals surface area contributed by atoms with Crippen molar-refractivity contribution in [3.63, 3.8) is 0 Å². The van der Waals surface area contributed by atoms with Gasteiger partial charge in [-0.2, -0.15) is 0 Å². The molecule has 5 nitrogen and oxygen atoms in total. The van der Waals surface area contributed by atoms with Crippen molar-refractivity contribution in [3.05, 3.63) is 24.3 Å². The van der Waals surface area contributed by atoms with Crippen LogP contribution >= 0.6 is 11.6 Å². The summed E-state index contributed by atoms with van der Waals surface area (Å²) < 4.78 is 5.28. The maximum Gasteiger partial charge on any atom is 0.257 e. The first-order chi connectivity index (χ1) is 7.83. The van der Waals surface area contributed by atoms with E-state index in [-0.39, 0.29) is 11.9 Å². The SMILES string of the molecule is O=C(c1cncnc1)N1CCOCC1CCl. The largest absolute Gasteiger partial charge is 0.377 e. The maximum atomic E-state index is 12.1. The van der Waals surface area contributed by atoms with E-state index in [1.165, 1.54) is 18.7 Å². The van der Waals surface area contributed by atoms with Gasteiger partial charge >= 0.3 is 0 Å². The molecule has 86 valence electrons. The maximum absolute atomic E-state index is 12.1. The highest BCUT2D eigenvalue weighted by atomic mass is 35.5. The van der Waals surface area contributed by atoms with Gasteiger partial charge in [-0.1, -0.05) is 0 Å². The van der Waals surface area contributed by atoms with Crippen molar-refractivity contribution in [2.45, 2.75) is 6.04 Å². The Hall–Kier alpha value is -1.20. The van der Waals surface area contributed by atoms with Crippen LogP contribution in [0.4, 0.5) is 0 Å². The lowest BCUT2D eigenvalue weighted by Gasteiger charge is -2.34. The van der Waals surface area contributed by atoms with E-state index in [9.17, 15) is 4.79 Å². The van der Waals surface area contributed by atoms with Gasteiger partial charge in [0.05, 0.1) is 24.8 Å². The molecule has 1 aliphatic heterocycles. The molecule has 1 atom stereocenters. The summed E-state index contributed by atoms with van der Waals surface area (Å²) in [6, 6.07) is -0.0666. The molecule has 1 amide bonds. The number of hydrogen-bond acceptors (Lipinski definition) is 4. The summed E-state index contributed by atoms with van der Waals surface area (Å²) in [5.41, 5.74) is 0.486. The molecule has 1 fully saturated rings. The number of morpholine rings is 1. The Morgan fingerprint density at radius 3 is 3.00 bits per heavy atom. The smallest absolute Gasteiger partial charge is 0.257 e. The standard InChI is InChI=1S/C10H12ClN3O2/c11-3-9-6-16-2-1-14(9)10(15)8-4-12-7-13-5-8/h4-5,7,9H,1-3,6H2. The van der Waals surface area contributed by atoms with E-state index in [1.807, 2.05) is 0 Å². The highest BCUT2D eigenvalue weighted by Crippen LogP contribution is 2.12. The summed E-state index contributed by atoms with van der Waals surface area (Å²) in [5, 5.41) is 0. The van der Waals surface area contributed by atoms with Crippen molar-refractivity contribution in [1.82, 2.24) is 14.9 Å². The van der Waals surface area contributed by atoms with Gasteiger partial charge in [-0.25, -0.2) is 9.97 Å². The molecule has 0 radical (unpaired) electrons. The fraction of sp³-hybridized carbons (Fsp3) is 0.500. The average molecular weight is 242 g/mol. The highest BCUT2D eigenvalue weighted by molar-refractivity contribution is 6.18. The van der Waals surface area contributed by atoms with E-state index in [4.69, 9.17) is 16.3 Å². The molecule has 0 N–H and O–H groups in total. The first kappa shape index (κ1) is 11.3. The molecule has 1 aromatic heterocycles. The van der Waals surface area contributed by atoms with E-state index < -0.39 is 0 Å². The number of carbonyl (C=O) groups excluding carboxylic acids is 1. The van der Waals surface area contributed by atoms with Gasteiger partial charge in [-0.3, -0.25) is 4.79 Å². The Morgan fingerprint density at radius 1 is 1.56 bits per heavy atom. The minimum absolute atomic E-state index is 0.0666. The molecule has 6 heteroatoms. The zero-order chi connectivity index (χ0) is 11.4. The number of aromatic nitrogens is 2. The molecule has 1 saturated heterocycles. The summed E-state index contributed by atoms with van der Waals surface area (Å²) >= 11 is 5.80. The van der Waals surface area contributed by atoms with Crippen LogP contribution in [0.3, 0.4) is 0 Å².